The molecule has 1 saturated carbocycles. The monoisotopic (exact) mass is 336 g/mol. The highest BCUT2D eigenvalue weighted by Gasteiger charge is 2.28. The summed E-state index contributed by atoms with van der Waals surface area (Å²) >= 11 is 0. The molecular formula is C19H20N4O2. The molecule has 0 unspecified atom stereocenters. The van der Waals surface area contributed by atoms with Crippen molar-refractivity contribution < 1.29 is 4.74 Å². The van der Waals surface area contributed by atoms with E-state index in [0.717, 1.165) is 22.6 Å². The lowest BCUT2D eigenvalue weighted by Gasteiger charge is -2.15. The van der Waals surface area contributed by atoms with Gasteiger partial charge in [0.05, 0.1) is 5.69 Å². The summed E-state index contributed by atoms with van der Waals surface area (Å²) in [7, 11) is 1.60. The van der Waals surface area contributed by atoms with Crippen LogP contribution in [0.1, 0.15) is 35.4 Å². The molecule has 0 bridgehead atoms. The van der Waals surface area contributed by atoms with Gasteiger partial charge >= 0.3 is 5.69 Å². The molecule has 1 aliphatic carbocycles. The quantitative estimate of drug-likeness (QED) is 0.719. The van der Waals surface area contributed by atoms with Crippen molar-refractivity contribution in [1.29, 1.82) is 0 Å². The number of ether oxygens (including phenoxy) is 1. The van der Waals surface area contributed by atoms with E-state index in [4.69, 9.17) is 4.74 Å². The third kappa shape index (κ3) is 3.07. The smallest absolute Gasteiger partial charge is 0.368 e. The number of aryl methyl sites for hydroxylation is 2. The SMILES string of the molecule is Cc1cccc(OCc2c(C3CC3)cccc2-n2nnn(C)c2=O)c1. The van der Waals surface area contributed by atoms with Crippen molar-refractivity contribution in [3.63, 3.8) is 0 Å². The van der Waals surface area contributed by atoms with E-state index >= 15 is 0 Å². The lowest BCUT2D eigenvalue weighted by molar-refractivity contribution is 0.304. The van der Waals surface area contributed by atoms with Crippen LogP contribution in [0.15, 0.2) is 47.3 Å². The van der Waals surface area contributed by atoms with Gasteiger partial charge in [-0.05, 0) is 65.4 Å². The summed E-state index contributed by atoms with van der Waals surface area (Å²) in [6, 6.07) is 14.0. The first-order chi connectivity index (χ1) is 12.1. The van der Waals surface area contributed by atoms with Crippen LogP contribution in [0.3, 0.4) is 0 Å². The summed E-state index contributed by atoms with van der Waals surface area (Å²) in [5.74, 6) is 1.37. The number of rotatable bonds is 5. The van der Waals surface area contributed by atoms with E-state index < -0.39 is 0 Å². The van der Waals surface area contributed by atoms with Crippen molar-refractivity contribution in [1.82, 2.24) is 19.8 Å². The van der Waals surface area contributed by atoms with E-state index in [1.165, 1.54) is 27.8 Å². The summed E-state index contributed by atoms with van der Waals surface area (Å²) in [6.07, 6.45) is 2.35. The van der Waals surface area contributed by atoms with Crippen molar-refractivity contribution in [3.8, 4) is 11.4 Å². The van der Waals surface area contributed by atoms with Crippen LogP contribution in [0.2, 0.25) is 0 Å². The van der Waals surface area contributed by atoms with Gasteiger partial charge in [-0.2, -0.15) is 9.36 Å². The minimum Gasteiger partial charge on any atom is -0.489 e. The number of benzene rings is 2. The Morgan fingerprint density at radius 2 is 1.96 bits per heavy atom. The van der Waals surface area contributed by atoms with Crippen LogP contribution in [-0.2, 0) is 13.7 Å². The highest BCUT2D eigenvalue weighted by Crippen LogP contribution is 2.43. The number of tetrazole rings is 1. The zero-order valence-corrected chi connectivity index (χ0v) is 14.3. The van der Waals surface area contributed by atoms with Crippen molar-refractivity contribution in [2.75, 3.05) is 0 Å². The molecule has 0 atom stereocenters. The number of hydrogen-bond donors (Lipinski definition) is 0. The van der Waals surface area contributed by atoms with Gasteiger partial charge in [0, 0.05) is 12.6 Å². The van der Waals surface area contributed by atoms with Gasteiger partial charge in [0.25, 0.3) is 0 Å². The summed E-state index contributed by atoms with van der Waals surface area (Å²) in [4.78, 5) is 12.3. The maximum atomic E-state index is 12.3. The van der Waals surface area contributed by atoms with Gasteiger partial charge < -0.3 is 4.74 Å². The van der Waals surface area contributed by atoms with Gasteiger partial charge in [-0.25, -0.2) is 4.79 Å². The fourth-order valence-electron chi connectivity index (χ4n) is 3.05. The van der Waals surface area contributed by atoms with E-state index in [9.17, 15) is 4.79 Å². The first kappa shape index (κ1) is 15.6. The van der Waals surface area contributed by atoms with E-state index in [1.807, 2.05) is 43.3 Å². The second-order valence-electron chi connectivity index (χ2n) is 6.52. The maximum Gasteiger partial charge on any atom is 0.368 e. The van der Waals surface area contributed by atoms with Gasteiger partial charge in [0.15, 0.2) is 0 Å². The molecule has 3 aromatic rings. The third-order valence-electron chi connectivity index (χ3n) is 4.53. The molecule has 2 aromatic carbocycles. The van der Waals surface area contributed by atoms with Crippen LogP contribution in [0.5, 0.6) is 5.75 Å². The number of hydrogen-bond acceptors (Lipinski definition) is 4. The van der Waals surface area contributed by atoms with Crippen LogP contribution in [0.25, 0.3) is 5.69 Å². The Bertz CT molecular complexity index is 970. The molecule has 1 aromatic heterocycles. The Morgan fingerprint density at radius 3 is 2.64 bits per heavy atom. The maximum absolute atomic E-state index is 12.3. The molecule has 0 saturated heterocycles. The first-order valence-corrected chi connectivity index (χ1v) is 8.44. The van der Waals surface area contributed by atoms with Crippen molar-refractivity contribution >= 4 is 0 Å². The Labute approximate surface area is 145 Å². The van der Waals surface area contributed by atoms with E-state index in [2.05, 4.69) is 16.5 Å². The summed E-state index contributed by atoms with van der Waals surface area (Å²) in [5, 5.41) is 7.83. The molecule has 1 heterocycles. The summed E-state index contributed by atoms with van der Waals surface area (Å²) < 4.78 is 8.61. The predicted molar refractivity (Wildman–Crippen MR) is 94.1 cm³/mol. The number of nitrogens with zero attached hydrogens (tertiary/aromatic N) is 4. The Morgan fingerprint density at radius 1 is 1.16 bits per heavy atom. The Kier molecular flexibility index (Phi) is 3.87. The second-order valence-corrected chi connectivity index (χ2v) is 6.52. The summed E-state index contributed by atoms with van der Waals surface area (Å²) in [5.41, 5.74) is 3.88. The van der Waals surface area contributed by atoms with Crippen LogP contribution in [-0.4, -0.2) is 19.8 Å². The van der Waals surface area contributed by atoms with Crippen LogP contribution < -0.4 is 10.4 Å². The molecule has 6 nitrogen and oxygen atoms in total. The van der Waals surface area contributed by atoms with Crippen LogP contribution >= 0.6 is 0 Å². The van der Waals surface area contributed by atoms with Crippen molar-refractivity contribution in [2.45, 2.75) is 32.3 Å². The fraction of sp³-hybridized carbons (Fsp3) is 0.316. The Balaban J connectivity index is 1.74. The van der Waals surface area contributed by atoms with Crippen molar-refractivity contribution in [3.05, 3.63) is 69.6 Å². The summed E-state index contributed by atoms with van der Waals surface area (Å²) in [6.45, 7) is 2.43. The molecule has 6 heteroatoms. The molecule has 1 aliphatic rings. The average molecular weight is 336 g/mol. The fourth-order valence-corrected chi connectivity index (χ4v) is 3.05. The zero-order chi connectivity index (χ0) is 17.4. The van der Waals surface area contributed by atoms with Gasteiger partial charge in [0.1, 0.15) is 12.4 Å². The molecule has 0 N–H and O–H groups in total. The molecule has 0 spiro atoms. The van der Waals surface area contributed by atoms with E-state index in [0.29, 0.717) is 12.5 Å². The van der Waals surface area contributed by atoms with Gasteiger partial charge in [-0.3, -0.25) is 0 Å². The number of aromatic nitrogens is 4. The average Bonchev–Trinajstić information content (AvgIpc) is 3.40. The molecular weight excluding hydrogens is 316 g/mol. The van der Waals surface area contributed by atoms with Crippen LogP contribution in [0, 0.1) is 6.92 Å². The highest BCUT2D eigenvalue weighted by atomic mass is 16.5. The second kappa shape index (κ2) is 6.20. The topological polar surface area (TPSA) is 61.9 Å². The van der Waals surface area contributed by atoms with Crippen LogP contribution in [0.4, 0.5) is 0 Å². The van der Waals surface area contributed by atoms with Crippen molar-refractivity contribution in [2.24, 2.45) is 7.05 Å². The van der Waals surface area contributed by atoms with Gasteiger partial charge in [-0.15, -0.1) is 0 Å². The lowest BCUT2D eigenvalue weighted by Crippen LogP contribution is -2.23. The largest absolute Gasteiger partial charge is 0.489 e. The molecule has 0 amide bonds. The van der Waals surface area contributed by atoms with E-state index in [1.54, 1.807) is 7.05 Å². The standard InChI is InChI=1S/C19H20N4O2/c1-13-5-3-6-15(11-13)25-12-17-16(14-9-10-14)7-4-8-18(17)23-19(24)22(2)20-21-23/h3-8,11,14H,9-10,12H2,1-2H3. The minimum absolute atomic E-state index is 0.259. The Hall–Kier alpha value is -2.89. The third-order valence-corrected chi connectivity index (χ3v) is 4.53. The molecule has 25 heavy (non-hydrogen) atoms. The van der Waals surface area contributed by atoms with Gasteiger partial charge in [-0.1, -0.05) is 24.3 Å². The molecule has 128 valence electrons. The first-order valence-electron chi connectivity index (χ1n) is 8.44. The molecule has 0 aliphatic heterocycles. The molecule has 1 fully saturated rings. The van der Waals surface area contributed by atoms with Gasteiger partial charge in [0.2, 0.25) is 0 Å². The zero-order valence-electron chi connectivity index (χ0n) is 14.3. The lowest BCUT2D eigenvalue weighted by atomic mass is 10.0. The predicted octanol–water partition coefficient (Wildman–Crippen LogP) is 2.73. The minimum atomic E-state index is -0.259. The van der Waals surface area contributed by atoms with E-state index in [-0.39, 0.29) is 5.69 Å². The molecule has 0 radical (unpaired) electrons. The molecule has 4 rings (SSSR count). The normalized spacial score (nSPS) is 13.8. The highest BCUT2D eigenvalue weighted by molar-refractivity contribution is 5.48.